The van der Waals surface area contributed by atoms with Crippen LogP contribution in [0, 0.1) is 0 Å². The van der Waals surface area contributed by atoms with Gasteiger partial charge in [0.1, 0.15) is 10.7 Å². The molecule has 1 fully saturated rings. The fourth-order valence-electron chi connectivity index (χ4n) is 2.50. The Morgan fingerprint density at radius 2 is 1.96 bits per heavy atom. The number of rotatable bonds is 3. The summed E-state index contributed by atoms with van der Waals surface area (Å²) in [5.74, 6) is -0.250. The molecule has 9 heteroatoms. The summed E-state index contributed by atoms with van der Waals surface area (Å²) in [4.78, 5) is 23.8. The van der Waals surface area contributed by atoms with Gasteiger partial charge in [-0.15, -0.1) is 11.3 Å². The molecular weight excluding hydrogens is 341 g/mol. The second kappa shape index (κ2) is 6.86. The van der Waals surface area contributed by atoms with Gasteiger partial charge in [-0.25, -0.2) is 4.98 Å². The highest BCUT2D eigenvalue weighted by molar-refractivity contribution is 7.13. The third kappa shape index (κ3) is 4.09. The van der Waals surface area contributed by atoms with E-state index in [2.05, 4.69) is 9.97 Å². The summed E-state index contributed by atoms with van der Waals surface area (Å²) in [6.45, 7) is 0.0250. The molecule has 1 aliphatic rings. The van der Waals surface area contributed by atoms with E-state index in [-0.39, 0.29) is 32.1 Å². The minimum absolute atomic E-state index is 0.211. The number of nitrogens with zero attached hydrogens (tertiary/aromatic N) is 4. The first kappa shape index (κ1) is 16.8. The quantitative estimate of drug-likeness (QED) is 0.848. The summed E-state index contributed by atoms with van der Waals surface area (Å²) < 4.78 is 37.2. The summed E-state index contributed by atoms with van der Waals surface area (Å²) in [5, 5.41) is 2.31. The minimum Gasteiger partial charge on any atom is -0.335 e. The Morgan fingerprint density at radius 1 is 1.21 bits per heavy atom. The van der Waals surface area contributed by atoms with Gasteiger partial charge in [-0.1, -0.05) is 6.07 Å². The number of hydrogen-bond acceptors (Lipinski definition) is 5. The van der Waals surface area contributed by atoms with Crippen molar-refractivity contribution in [2.75, 3.05) is 32.7 Å². The van der Waals surface area contributed by atoms with Crippen LogP contribution in [-0.4, -0.2) is 64.6 Å². The van der Waals surface area contributed by atoms with E-state index in [1.807, 2.05) is 12.1 Å². The molecule has 0 radical (unpaired) electrons. The molecule has 2 aromatic heterocycles. The molecule has 1 amide bonds. The second-order valence-electron chi connectivity index (χ2n) is 5.44. The zero-order valence-corrected chi connectivity index (χ0v) is 13.5. The van der Waals surface area contributed by atoms with Gasteiger partial charge in [0, 0.05) is 37.8 Å². The zero-order chi connectivity index (χ0) is 17.2. The molecule has 0 aromatic carbocycles. The fourth-order valence-corrected chi connectivity index (χ4v) is 3.27. The first-order valence-electron chi connectivity index (χ1n) is 7.38. The van der Waals surface area contributed by atoms with E-state index in [1.54, 1.807) is 22.5 Å². The lowest BCUT2D eigenvalue weighted by atomic mass is 10.3. The number of alkyl halides is 3. The van der Waals surface area contributed by atoms with Gasteiger partial charge in [0.2, 0.25) is 0 Å². The van der Waals surface area contributed by atoms with Crippen molar-refractivity contribution in [2.45, 2.75) is 6.18 Å². The Morgan fingerprint density at radius 3 is 2.58 bits per heavy atom. The van der Waals surface area contributed by atoms with Crippen LogP contribution < -0.4 is 0 Å². The predicted molar refractivity (Wildman–Crippen MR) is 83.7 cm³/mol. The Hall–Kier alpha value is -2.00. The van der Waals surface area contributed by atoms with Gasteiger partial charge in [-0.05, 0) is 12.1 Å². The number of piperazine rings is 1. The first-order valence-corrected chi connectivity index (χ1v) is 8.26. The normalized spacial score (nSPS) is 16.4. The Labute approximate surface area is 140 Å². The molecule has 0 spiro atoms. The van der Waals surface area contributed by atoms with Crippen molar-refractivity contribution in [3.63, 3.8) is 0 Å². The van der Waals surface area contributed by atoms with Crippen LogP contribution in [0.3, 0.4) is 0 Å². The van der Waals surface area contributed by atoms with Crippen LogP contribution >= 0.6 is 11.3 Å². The molecule has 1 aliphatic heterocycles. The highest BCUT2D eigenvalue weighted by atomic mass is 32.1. The van der Waals surface area contributed by atoms with Crippen molar-refractivity contribution >= 4 is 17.2 Å². The molecule has 0 unspecified atom stereocenters. The van der Waals surface area contributed by atoms with E-state index in [0.29, 0.717) is 16.4 Å². The van der Waals surface area contributed by atoms with E-state index in [9.17, 15) is 18.0 Å². The molecule has 3 rings (SSSR count). The highest BCUT2D eigenvalue weighted by Crippen LogP contribution is 2.23. The van der Waals surface area contributed by atoms with Crippen molar-refractivity contribution in [3.8, 4) is 10.7 Å². The van der Waals surface area contributed by atoms with Crippen LogP contribution in [0.5, 0.6) is 0 Å². The lowest BCUT2D eigenvalue weighted by molar-refractivity contribution is -0.148. The summed E-state index contributed by atoms with van der Waals surface area (Å²) in [5.41, 5.74) is 1.00. The molecular formula is C15H15F3N4OS. The Kier molecular flexibility index (Phi) is 4.81. The van der Waals surface area contributed by atoms with Crippen molar-refractivity contribution < 1.29 is 18.0 Å². The van der Waals surface area contributed by atoms with Gasteiger partial charge in [-0.3, -0.25) is 14.7 Å². The van der Waals surface area contributed by atoms with E-state index in [4.69, 9.17) is 0 Å². The molecule has 3 heterocycles. The molecule has 0 saturated carbocycles. The summed E-state index contributed by atoms with van der Waals surface area (Å²) >= 11 is 1.32. The van der Waals surface area contributed by atoms with Crippen LogP contribution in [0.1, 0.15) is 10.5 Å². The number of amides is 1. The van der Waals surface area contributed by atoms with Gasteiger partial charge in [0.05, 0.1) is 12.2 Å². The molecule has 0 bridgehead atoms. The predicted octanol–water partition coefficient (Wildman–Crippen LogP) is 2.53. The Bertz CT molecular complexity index is 696. The molecule has 2 aromatic rings. The third-order valence-corrected chi connectivity index (χ3v) is 4.53. The van der Waals surface area contributed by atoms with Crippen LogP contribution in [0.2, 0.25) is 0 Å². The molecule has 24 heavy (non-hydrogen) atoms. The smallest absolute Gasteiger partial charge is 0.335 e. The summed E-state index contributed by atoms with van der Waals surface area (Å²) in [7, 11) is 0. The number of pyridine rings is 1. The first-order chi connectivity index (χ1) is 11.4. The second-order valence-corrected chi connectivity index (χ2v) is 6.29. The molecule has 0 atom stereocenters. The van der Waals surface area contributed by atoms with Crippen molar-refractivity contribution in [3.05, 3.63) is 35.5 Å². The maximum atomic E-state index is 12.4. The van der Waals surface area contributed by atoms with Gasteiger partial charge >= 0.3 is 6.18 Å². The average Bonchev–Trinajstić information content (AvgIpc) is 3.04. The van der Waals surface area contributed by atoms with Gasteiger partial charge in [0.15, 0.2) is 0 Å². The maximum Gasteiger partial charge on any atom is 0.401 e. The van der Waals surface area contributed by atoms with Crippen molar-refractivity contribution in [1.29, 1.82) is 0 Å². The minimum atomic E-state index is -4.21. The monoisotopic (exact) mass is 356 g/mol. The third-order valence-electron chi connectivity index (χ3n) is 3.67. The fraction of sp³-hybridized carbons (Fsp3) is 0.400. The van der Waals surface area contributed by atoms with E-state index in [1.165, 1.54) is 16.2 Å². The number of aromatic nitrogens is 2. The number of carbonyl (C=O) groups excluding carboxylic acids is 1. The Balaban J connectivity index is 1.61. The topological polar surface area (TPSA) is 49.3 Å². The summed E-state index contributed by atoms with van der Waals surface area (Å²) in [6, 6.07) is 5.44. The van der Waals surface area contributed by atoms with Crippen LogP contribution in [-0.2, 0) is 0 Å². The number of hydrogen-bond donors (Lipinski definition) is 0. The number of halogens is 3. The lowest BCUT2D eigenvalue weighted by Gasteiger charge is -2.34. The lowest BCUT2D eigenvalue weighted by Crippen LogP contribution is -2.51. The van der Waals surface area contributed by atoms with Gasteiger partial charge in [0.25, 0.3) is 5.91 Å². The maximum absolute atomic E-state index is 12.4. The molecule has 1 saturated heterocycles. The van der Waals surface area contributed by atoms with Crippen LogP contribution in [0.4, 0.5) is 13.2 Å². The largest absolute Gasteiger partial charge is 0.401 e. The van der Waals surface area contributed by atoms with Gasteiger partial charge in [-0.2, -0.15) is 13.2 Å². The average molecular weight is 356 g/mol. The highest BCUT2D eigenvalue weighted by Gasteiger charge is 2.33. The standard InChI is InChI=1S/C15H15F3N4OS/c16-15(17,18)10-21-5-7-22(8-6-21)14(23)12-9-24-13(20-12)11-3-1-2-4-19-11/h1-4,9H,5-8,10H2. The van der Waals surface area contributed by atoms with E-state index >= 15 is 0 Å². The molecule has 0 N–H and O–H groups in total. The van der Waals surface area contributed by atoms with Gasteiger partial charge < -0.3 is 4.90 Å². The van der Waals surface area contributed by atoms with Crippen LogP contribution in [0.25, 0.3) is 10.7 Å². The van der Waals surface area contributed by atoms with Crippen LogP contribution in [0.15, 0.2) is 29.8 Å². The number of thiazole rings is 1. The summed E-state index contributed by atoms with van der Waals surface area (Å²) in [6.07, 6.45) is -2.56. The zero-order valence-electron chi connectivity index (χ0n) is 12.7. The SMILES string of the molecule is O=C(c1csc(-c2ccccn2)n1)N1CCN(CC(F)(F)F)CC1. The van der Waals surface area contributed by atoms with Crippen molar-refractivity contribution in [1.82, 2.24) is 19.8 Å². The molecule has 0 aliphatic carbocycles. The molecule has 5 nitrogen and oxygen atoms in total. The van der Waals surface area contributed by atoms with E-state index in [0.717, 1.165) is 0 Å². The van der Waals surface area contributed by atoms with E-state index < -0.39 is 12.7 Å². The van der Waals surface area contributed by atoms with Crippen molar-refractivity contribution in [2.24, 2.45) is 0 Å². The molecule has 128 valence electrons. The number of carbonyl (C=O) groups is 1.